The molecule has 0 radical (unpaired) electrons. The average molecular weight is 528 g/mol. The molecule has 0 saturated heterocycles. The van der Waals surface area contributed by atoms with Crippen molar-refractivity contribution in [3.63, 3.8) is 0 Å². The van der Waals surface area contributed by atoms with Gasteiger partial charge in [-0.2, -0.15) is 0 Å². The Balaban J connectivity index is 1.30. The highest BCUT2D eigenvalue weighted by atomic mass is 16.3. The Labute approximate surface area is 237 Å². The predicted molar refractivity (Wildman–Crippen MR) is 165 cm³/mol. The van der Waals surface area contributed by atoms with Crippen molar-refractivity contribution < 1.29 is 4.42 Å². The molecule has 0 atom stereocenters. The summed E-state index contributed by atoms with van der Waals surface area (Å²) >= 11 is 0. The number of rotatable bonds is 4. The van der Waals surface area contributed by atoms with Crippen molar-refractivity contribution in [2.75, 3.05) is 0 Å². The number of fused-ring (bicyclic) bond motifs is 4. The minimum absolute atomic E-state index is 0.651. The van der Waals surface area contributed by atoms with Crippen LogP contribution in [0.25, 0.3) is 61.2 Å². The molecule has 0 bridgehead atoms. The van der Waals surface area contributed by atoms with Gasteiger partial charge in [0.15, 0.2) is 17.5 Å². The van der Waals surface area contributed by atoms with Gasteiger partial charge >= 0.3 is 0 Å². The first-order valence-corrected chi connectivity index (χ1v) is 13.9. The predicted octanol–water partition coefficient (Wildman–Crippen LogP) is 9.15. The Hall–Kier alpha value is -5.35. The van der Waals surface area contributed by atoms with Crippen LogP contribution in [-0.4, -0.2) is 15.0 Å². The summed E-state index contributed by atoms with van der Waals surface area (Å²) in [7, 11) is 0. The second-order valence-corrected chi connectivity index (χ2v) is 10.4. The Bertz CT molecular complexity index is 2090. The van der Waals surface area contributed by atoms with Gasteiger partial charge in [-0.3, -0.25) is 0 Å². The van der Waals surface area contributed by atoms with E-state index in [1.165, 1.54) is 10.9 Å². The van der Waals surface area contributed by atoms with Gasteiger partial charge in [0.1, 0.15) is 11.3 Å². The second-order valence-electron chi connectivity index (χ2n) is 10.4. The zero-order valence-corrected chi connectivity index (χ0v) is 22.3. The highest BCUT2D eigenvalue weighted by Crippen LogP contribution is 2.39. The fourth-order valence-electron chi connectivity index (χ4n) is 5.75. The normalized spacial score (nSPS) is 12.8. The smallest absolute Gasteiger partial charge is 0.164 e. The van der Waals surface area contributed by atoms with Gasteiger partial charge in [0.25, 0.3) is 0 Å². The first-order valence-electron chi connectivity index (χ1n) is 13.9. The molecule has 4 heteroatoms. The minimum atomic E-state index is 0.651. The fraction of sp³-hybridized carbons (Fsp3) is 0.0541. The van der Waals surface area contributed by atoms with E-state index in [4.69, 9.17) is 19.4 Å². The molecule has 41 heavy (non-hydrogen) atoms. The molecule has 194 valence electrons. The monoisotopic (exact) mass is 527 g/mol. The summed E-state index contributed by atoms with van der Waals surface area (Å²) in [5, 5.41) is 3.43. The van der Waals surface area contributed by atoms with E-state index in [0.29, 0.717) is 17.5 Å². The molecule has 2 heterocycles. The molecular formula is C37H25N3O. The van der Waals surface area contributed by atoms with Gasteiger partial charge in [0.05, 0.1) is 0 Å². The zero-order valence-electron chi connectivity index (χ0n) is 22.3. The molecule has 0 N–H and O–H groups in total. The number of aromatic nitrogens is 3. The van der Waals surface area contributed by atoms with E-state index in [1.807, 2.05) is 18.2 Å². The maximum Gasteiger partial charge on any atom is 0.164 e. The van der Waals surface area contributed by atoms with Gasteiger partial charge in [0, 0.05) is 34.1 Å². The molecule has 8 rings (SSSR count). The first-order chi connectivity index (χ1) is 20.3. The lowest BCUT2D eigenvalue weighted by Crippen LogP contribution is -2.06. The third kappa shape index (κ3) is 4.21. The third-order valence-corrected chi connectivity index (χ3v) is 7.79. The van der Waals surface area contributed by atoms with Gasteiger partial charge in [-0.25, -0.2) is 15.0 Å². The molecule has 0 amide bonds. The molecule has 5 aromatic carbocycles. The van der Waals surface area contributed by atoms with Crippen LogP contribution in [0.1, 0.15) is 23.6 Å². The molecule has 4 nitrogen and oxygen atoms in total. The summed E-state index contributed by atoms with van der Waals surface area (Å²) in [6.07, 6.45) is 3.98. The molecule has 7 aromatic rings. The van der Waals surface area contributed by atoms with E-state index in [9.17, 15) is 0 Å². The van der Waals surface area contributed by atoms with Crippen molar-refractivity contribution in [1.29, 1.82) is 0 Å². The van der Waals surface area contributed by atoms with Crippen LogP contribution in [0.3, 0.4) is 0 Å². The summed E-state index contributed by atoms with van der Waals surface area (Å²) in [4.78, 5) is 15.2. The Morgan fingerprint density at radius 2 is 1.15 bits per heavy atom. The Morgan fingerprint density at radius 1 is 0.512 bits per heavy atom. The summed E-state index contributed by atoms with van der Waals surface area (Å²) in [6.45, 7) is 0. The summed E-state index contributed by atoms with van der Waals surface area (Å²) in [6, 6.07) is 41.8. The number of nitrogens with zero attached hydrogens (tertiary/aromatic N) is 3. The molecular weight excluding hydrogens is 502 g/mol. The van der Waals surface area contributed by atoms with Gasteiger partial charge < -0.3 is 4.42 Å². The average Bonchev–Trinajstić information content (AvgIpc) is 3.44. The SMILES string of the molecule is C1=C(c2nc(-c3ccc(-c4ccccc4)cc3)nc(-c3ccc4ccccc4c3)n2)c2c(oc3ccccc23)CC1. The largest absolute Gasteiger partial charge is 0.460 e. The van der Waals surface area contributed by atoms with E-state index in [1.54, 1.807) is 0 Å². The molecule has 1 aliphatic carbocycles. The molecule has 2 aromatic heterocycles. The van der Waals surface area contributed by atoms with Gasteiger partial charge in [-0.15, -0.1) is 0 Å². The maximum absolute atomic E-state index is 6.26. The number of aryl methyl sites for hydroxylation is 1. The number of benzene rings is 5. The maximum atomic E-state index is 6.26. The van der Waals surface area contributed by atoms with Crippen LogP contribution in [0, 0.1) is 0 Å². The summed E-state index contributed by atoms with van der Waals surface area (Å²) in [5.74, 6) is 2.96. The first kappa shape index (κ1) is 23.5. The van der Waals surface area contributed by atoms with Crippen LogP contribution in [0.4, 0.5) is 0 Å². The van der Waals surface area contributed by atoms with Crippen molar-refractivity contribution in [3.8, 4) is 33.9 Å². The Morgan fingerprint density at radius 3 is 2.00 bits per heavy atom. The van der Waals surface area contributed by atoms with Crippen LogP contribution in [-0.2, 0) is 6.42 Å². The summed E-state index contributed by atoms with van der Waals surface area (Å²) < 4.78 is 6.26. The third-order valence-electron chi connectivity index (χ3n) is 7.79. The van der Waals surface area contributed by atoms with Crippen LogP contribution >= 0.6 is 0 Å². The molecule has 0 saturated carbocycles. The van der Waals surface area contributed by atoms with Crippen LogP contribution in [0.5, 0.6) is 0 Å². The molecule has 0 aliphatic heterocycles. The van der Waals surface area contributed by atoms with E-state index in [2.05, 4.69) is 109 Å². The Kier molecular flexibility index (Phi) is 5.56. The number of hydrogen-bond donors (Lipinski definition) is 0. The van der Waals surface area contributed by atoms with Crippen LogP contribution < -0.4 is 0 Å². The standard InChI is InChI=1S/C37H25N3O/c1-2-9-24(10-3-1)26-17-20-27(21-18-26)35-38-36(29-22-19-25-11-4-5-12-28(25)23-29)40-37(39-35)31-14-8-16-33-34(31)30-13-6-7-15-32(30)41-33/h1-7,9-15,17-23H,8,16H2. The quantitative estimate of drug-likeness (QED) is 0.229. The number of furan rings is 1. The number of para-hydroxylation sites is 1. The van der Waals surface area contributed by atoms with Gasteiger partial charge in [0.2, 0.25) is 0 Å². The van der Waals surface area contributed by atoms with Crippen molar-refractivity contribution in [2.24, 2.45) is 0 Å². The van der Waals surface area contributed by atoms with Gasteiger partial charge in [-0.1, -0.05) is 115 Å². The van der Waals surface area contributed by atoms with Crippen LogP contribution in [0.15, 0.2) is 132 Å². The van der Waals surface area contributed by atoms with E-state index < -0.39 is 0 Å². The van der Waals surface area contributed by atoms with Crippen molar-refractivity contribution >= 4 is 27.3 Å². The van der Waals surface area contributed by atoms with Crippen molar-refractivity contribution in [1.82, 2.24) is 15.0 Å². The zero-order chi connectivity index (χ0) is 27.2. The van der Waals surface area contributed by atoms with E-state index in [-0.39, 0.29) is 0 Å². The molecule has 0 unspecified atom stereocenters. The lowest BCUT2D eigenvalue weighted by Gasteiger charge is -2.15. The summed E-state index contributed by atoms with van der Waals surface area (Å²) in [5.41, 5.74) is 7.23. The van der Waals surface area contributed by atoms with Crippen molar-refractivity contribution in [3.05, 3.63) is 145 Å². The van der Waals surface area contributed by atoms with Gasteiger partial charge in [-0.05, 0) is 40.5 Å². The lowest BCUT2D eigenvalue weighted by molar-refractivity contribution is 0.545. The second kappa shape index (κ2) is 9.68. The molecule has 1 aliphatic rings. The lowest BCUT2D eigenvalue weighted by atomic mass is 9.93. The highest BCUT2D eigenvalue weighted by molar-refractivity contribution is 5.97. The number of allylic oxidation sites excluding steroid dienone is 1. The van der Waals surface area contributed by atoms with Crippen LogP contribution in [0.2, 0.25) is 0 Å². The topological polar surface area (TPSA) is 51.8 Å². The minimum Gasteiger partial charge on any atom is -0.460 e. The fourth-order valence-corrected chi connectivity index (χ4v) is 5.75. The highest BCUT2D eigenvalue weighted by Gasteiger charge is 2.25. The number of hydrogen-bond acceptors (Lipinski definition) is 4. The van der Waals surface area contributed by atoms with E-state index in [0.717, 1.165) is 62.8 Å². The molecule has 0 spiro atoms. The molecule has 0 fully saturated rings. The van der Waals surface area contributed by atoms with E-state index >= 15 is 0 Å². The van der Waals surface area contributed by atoms with Crippen molar-refractivity contribution in [2.45, 2.75) is 12.8 Å².